The first-order chi connectivity index (χ1) is 19.1. The molecule has 5 nitrogen and oxygen atoms in total. The molecule has 0 aliphatic rings. The van der Waals surface area contributed by atoms with E-state index in [2.05, 4.69) is 0 Å². The topological polar surface area (TPSA) is 65.7 Å². The van der Waals surface area contributed by atoms with Crippen molar-refractivity contribution in [3.63, 3.8) is 0 Å². The number of aryl methyl sites for hydroxylation is 2. The van der Waals surface area contributed by atoms with E-state index in [9.17, 15) is 22.8 Å². The van der Waals surface area contributed by atoms with Gasteiger partial charge in [0.15, 0.2) is 0 Å². The predicted molar refractivity (Wildman–Crippen MR) is 144 cm³/mol. The number of fused-ring (bicyclic) bond motifs is 1. The maximum atomic E-state index is 14.0. The second-order valence-electron chi connectivity index (χ2n) is 9.35. The second-order valence-corrected chi connectivity index (χ2v) is 9.35. The van der Waals surface area contributed by atoms with Gasteiger partial charge in [-0.05, 0) is 60.4 Å². The Morgan fingerprint density at radius 2 is 1.35 bits per heavy atom. The number of ether oxygens (including phenoxy) is 2. The van der Waals surface area contributed by atoms with E-state index in [4.69, 9.17) is 13.9 Å². The normalized spacial score (nSPS) is 11.6. The van der Waals surface area contributed by atoms with Crippen LogP contribution in [0.5, 0.6) is 17.2 Å². The molecule has 0 amide bonds. The van der Waals surface area contributed by atoms with Gasteiger partial charge in [-0.2, -0.15) is 13.2 Å². The fourth-order valence-electron chi connectivity index (χ4n) is 4.54. The maximum absolute atomic E-state index is 14.0. The highest BCUT2D eigenvalue weighted by molar-refractivity contribution is 5.86. The van der Waals surface area contributed by atoms with Crippen LogP contribution in [0.2, 0.25) is 0 Å². The summed E-state index contributed by atoms with van der Waals surface area (Å²) < 4.78 is 58.3. The molecular weight excluding hydrogens is 521 g/mol. The van der Waals surface area contributed by atoms with Crippen LogP contribution in [0.3, 0.4) is 0 Å². The van der Waals surface area contributed by atoms with Crippen molar-refractivity contribution in [2.75, 3.05) is 0 Å². The third kappa shape index (κ3) is 5.61. The number of hydrogen-bond donors (Lipinski definition) is 0. The summed E-state index contributed by atoms with van der Waals surface area (Å²) >= 11 is 0. The molecule has 0 fully saturated rings. The lowest BCUT2D eigenvalue weighted by Crippen LogP contribution is -2.20. The van der Waals surface area contributed by atoms with Gasteiger partial charge >= 0.3 is 12.1 Å². The largest absolute Gasteiger partial charge is 0.453 e. The van der Waals surface area contributed by atoms with E-state index in [0.29, 0.717) is 11.1 Å². The fourth-order valence-corrected chi connectivity index (χ4v) is 4.54. The SMILES string of the molecule is Cc1cc(C)cc(Oc2c(C(F)(F)F)oc3cc(OC(=O)C(c4ccccc4)c4ccccc4)ccc3c2=O)c1. The Bertz CT molecular complexity index is 1680. The molecule has 0 saturated heterocycles. The van der Waals surface area contributed by atoms with Crippen molar-refractivity contribution in [1.82, 2.24) is 0 Å². The Hall–Kier alpha value is -4.85. The summed E-state index contributed by atoms with van der Waals surface area (Å²) in [5.41, 5.74) is 1.47. The van der Waals surface area contributed by atoms with Crippen molar-refractivity contribution in [2.24, 2.45) is 0 Å². The van der Waals surface area contributed by atoms with Crippen molar-refractivity contribution >= 4 is 16.9 Å². The minimum Gasteiger partial charge on any atom is -0.449 e. The number of alkyl halides is 3. The van der Waals surface area contributed by atoms with Gasteiger partial charge in [-0.15, -0.1) is 0 Å². The zero-order valence-electron chi connectivity index (χ0n) is 21.5. The van der Waals surface area contributed by atoms with Crippen LogP contribution < -0.4 is 14.9 Å². The van der Waals surface area contributed by atoms with E-state index in [-0.39, 0.29) is 16.9 Å². The lowest BCUT2D eigenvalue weighted by atomic mass is 9.91. The van der Waals surface area contributed by atoms with E-state index in [1.54, 1.807) is 62.4 Å². The van der Waals surface area contributed by atoms with Crippen LogP contribution in [0, 0.1) is 13.8 Å². The number of rotatable bonds is 6. The van der Waals surface area contributed by atoms with Crippen LogP contribution in [-0.4, -0.2) is 5.97 Å². The molecule has 1 aromatic heterocycles. The van der Waals surface area contributed by atoms with E-state index < -0.39 is 40.6 Å². The molecule has 0 aliphatic carbocycles. The zero-order valence-corrected chi connectivity index (χ0v) is 21.5. The number of benzene rings is 4. The second kappa shape index (κ2) is 10.7. The van der Waals surface area contributed by atoms with Gasteiger partial charge in [0, 0.05) is 6.07 Å². The molecule has 0 atom stereocenters. The maximum Gasteiger partial charge on any atom is 0.453 e. The Morgan fingerprint density at radius 1 is 0.775 bits per heavy atom. The molecule has 5 aromatic rings. The number of halogens is 3. The summed E-state index contributed by atoms with van der Waals surface area (Å²) in [6.07, 6.45) is -5.03. The minimum atomic E-state index is -5.03. The van der Waals surface area contributed by atoms with Crippen molar-refractivity contribution in [3.05, 3.63) is 135 Å². The average Bonchev–Trinajstić information content (AvgIpc) is 2.90. The molecule has 4 aromatic carbocycles. The summed E-state index contributed by atoms with van der Waals surface area (Å²) in [5.74, 6) is -3.99. The molecule has 0 N–H and O–H groups in total. The molecule has 0 saturated carbocycles. The monoisotopic (exact) mass is 544 g/mol. The molecular formula is C32H23F3O5. The van der Waals surface area contributed by atoms with Crippen molar-refractivity contribution < 1.29 is 31.9 Å². The molecule has 40 heavy (non-hydrogen) atoms. The number of esters is 1. The van der Waals surface area contributed by atoms with Gasteiger partial charge in [0.1, 0.15) is 23.0 Å². The Balaban J connectivity index is 1.54. The van der Waals surface area contributed by atoms with Gasteiger partial charge < -0.3 is 13.9 Å². The highest BCUT2D eigenvalue weighted by Gasteiger charge is 2.40. The van der Waals surface area contributed by atoms with Crippen molar-refractivity contribution in [3.8, 4) is 17.2 Å². The van der Waals surface area contributed by atoms with Gasteiger partial charge in [0.05, 0.1) is 5.39 Å². The van der Waals surface area contributed by atoms with E-state index in [1.807, 2.05) is 18.2 Å². The van der Waals surface area contributed by atoms with Gasteiger partial charge in [-0.25, -0.2) is 0 Å². The van der Waals surface area contributed by atoms with E-state index >= 15 is 0 Å². The van der Waals surface area contributed by atoms with Crippen LogP contribution >= 0.6 is 0 Å². The molecule has 202 valence electrons. The Kier molecular flexibility index (Phi) is 7.17. The third-order valence-corrected chi connectivity index (χ3v) is 6.21. The molecule has 1 heterocycles. The summed E-state index contributed by atoms with van der Waals surface area (Å²) in [5, 5.41) is -0.158. The standard InChI is InChI=1S/C32H23F3O5/c1-19-15-20(2)17-24(16-19)38-29-28(36)25-14-13-23(18-26(25)40-30(29)32(33,34)35)39-31(37)27(21-9-5-3-6-10-21)22-11-7-4-8-12-22/h3-18,27H,1-2H3. The van der Waals surface area contributed by atoms with Crippen LogP contribution in [0.1, 0.15) is 33.9 Å². The predicted octanol–water partition coefficient (Wildman–Crippen LogP) is 7.96. The quantitative estimate of drug-likeness (QED) is 0.160. The van der Waals surface area contributed by atoms with Crippen LogP contribution in [0.15, 0.2) is 106 Å². The van der Waals surface area contributed by atoms with Crippen molar-refractivity contribution in [2.45, 2.75) is 25.9 Å². The van der Waals surface area contributed by atoms with Gasteiger partial charge in [-0.1, -0.05) is 66.7 Å². The van der Waals surface area contributed by atoms with Crippen LogP contribution in [-0.2, 0) is 11.0 Å². The van der Waals surface area contributed by atoms with Gasteiger partial charge in [0.25, 0.3) is 5.76 Å². The van der Waals surface area contributed by atoms with Crippen LogP contribution in [0.25, 0.3) is 11.0 Å². The molecule has 0 spiro atoms. The smallest absolute Gasteiger partial charge is 0.449 e. The molecule has 0 aliphatic heterocycles. The third-order valence-electron chi connectivity index (χ3n) is 6.21. The fraction of sp³-hybridized carbons (Fsp3) is 0.125. The number of hydrogen-bond acceptors (Lipinski definition) is 5. The molecule has 0 bridgehead atoms. The first-order valence-electron chi connectivity index (χ1n) is 12.4. The summed E-state index contributed by atoms with van der Waals surface area (Å²) in [4.78, 5) is 26.5. The molecule has 8 heteroatoms. The van der Waals surface area contributed by atoms with Gasteiger partial charge in [-0.3, -0.25) is 9.59 Å². The van der Waals surface area contributed by atoms with E-state index in [1.165, 1.54) is 24.3 Å². The summed E-state index contributed by atoms with van der Waals surface area (Å²) in [7, 11) is 0. The molecule has 0 unspecified atom stereocenters. The number of carbonyl (C=O) groups is 1. The van der Waals surface area contributed by atoms with Gasteiger partial charge in [0.2, 0.25) is 11.2 Å². The highest BCUT2D eigenvalue weighted by Crippen LogP contribution is 2.39. The first kappa shape index (κ1) is 26.7. The zero-order chi connectivity index (χ0) is 28.4. The van der Waals surface area contributed by atoms with E-state index in [0.717, 1.165) is 17.2 Å². The Labute approximate surface area is 227 Å². The van der Waals surface area contributed by atoms with Crippen molar-refractivity contribution in [1.29, 1.82) is 0 Å². The molecule has 5 rings (SSSR count). The summed E-state index contributed by atoms with van der Waals surface area (Å²) in [6, 6.07) is 26.5. The minimum absolute atomic E-state index is 0.0754. The lowest BCUT2D eigenvalue weighted by molar-refractivity contribution is -0.154. The Morgan fingerprint density at radius 3 is 1.90 bits per heavy atom. The molecule has 0 radical (unpaired) electrons. The highest BCUT2D eigenvalue weighted by atomic mass is 19.4. The number of carbonyl (C=O) groups excluding carboxylic acids is 1. The average molecular weight is 545 g/mol. The lowest BCUT2D eigenvalue weighted by Gasteiger charge is -2.17. The van der Waals surface area contributed by atoms with Crippen LogP contribution in [0.4, 0.5) is 13.2 Å². The first-order valence-corrected chi connectivity index (χ1v) is 12.4. The summed E-state index contributed by atoms with van der Waals surface area (Å²) in [6.45, 7) is 3.52.